The fraction of sp³-hybridized carbons (Fsp3) is 0.389. The molecule has 0 aliphatic carbocycles. The van der Waals surface area contributed by atoms with Gasteiger partial charge in [0.1, 0.15) is 12.1 Å². The summed E-state index contributed by atoms with van der Waals surface area (Å²) in [5, 5.41) is 15.1. The Balaban J connectivity index is 1.64. The molecule has 0 saturated carbocycles. The van der Waals surface area contributed by atoms with Crippen LogP contribution >= 0.6 is 0 Å². The van der Waals surface area contributed by atoms with Crippen molar-refractivity contribution in [3.8, 4) is 11.4 Å². The first-order chi connectivity index (χ1) is 13.3. The lowest BCUT2D eigenvalue weighted by atomic mass is 10.2. The first-order valence-corrected chi connectivity index (χ1v) is 8.90. The molecule has 3 aromatic heterocycles. The van der Waals surface area contributed by atoms with Gasteiger partial charge in [-0.25, -0.2) is 9.97 Å². The van der Waals surface area contributed by atoms with Crippen LogP contribution in [0.2, 0.25) is 0 Å². The van der Waals surface area contributed by atoms with E-state index in [1.807, 2.05) is 23.6 Å². The Hall–Kier alpha value is -2.91. The van der Waals surface area contributed by atoms with E-state index in [0.717, 1.165) is 41.6 Å². The number of anilines is 1. The van der Waals surface area contributed by atoms with Gasteiger partial charge in [-0.2, -0.15) is 0 Å². The van der Waals surface area contributed by atoms with Crippen LogP contribution in [0.3, 0.4) is 0 Å². The molecule has 0 radical (unpaired) electrons. The van der Waals surface area contributed by atoms with E-state index in [9.17, 15) is 0 Å². The van der Waals surface area contributed by atoms with Gasteiger partial charge in [-0.1, -0.05) is 0 Å². The average Bonchev–Trinajstić information content (AvgIpc) is 3.36. The van der Waals surface area contributed by atoms with Crippen molar-refractivity contribution in [3.63, 3.8) is 0 Å². The number of nitrogens with zero attached hydrogens (tertiary/aromatic N) is 6. The Kier molecular flexibility index (Phi) is 5.03. The number of hydrogen-bond donors (Lipinski definition) is 2. The first kappa shape index (κ1) is 17.5. The molecule has 0 aromatic carbocycles. The van der Waals surface area contributed by atoms with Gasteiger partial charge in [-0.05, 0) is 19.1 Å². The third-order valence-electron chi connectivity index (χ3n) is 4.53. The van der Waals surface area contributed by atoms with Crippen LogP contribution in [0.5, 0.6) is 0 Å². The summed E-state index contributed by atoms with van der Waals surface area (Å²) >= 11 is 0. The third-order valence-corrected chi connectivity index (χ3v) is 4.53. The molecular formula is C18H22N8O. The molecule has 0 bridgehead atoms. The molecule has 2 N–H and O–H groups in total. The zero-order valence-corrected chi connectivity index (χ0v) is 15.4. The highest BCUT2D eigenvalue weighted by Gasteiger charge is 2.22. The predicted molar refractivity (Wildman–Crippen MR) is 99.7 cm³/mol. The smallest absolute Gasteiger partial charge is 0.163 e. The van der Waals surface area contributed by atoms with Crippen molar-refractivity contribution in [2.75, 3.05) is 19.0 Å². The highest BCUT2D eigenvalue weighted by Crippen LogP contribution is 2.27. The first-order valence-electron chi connectivity index (χ1n) is 8.90. The van der Waals surface area contributed by atoms with Crippen molar-refractivity contribution in [1.82, 2.24) is 35.0 Å². The van der Waals surface area contributed by atoms with Crippen molar-refractivity contribution in [1.29, 1.82) is 0 Å². The maximum absolute atomic E-state index is 5.16. The largest absolute Gasteiger partial charge is 0.383 e. The zero-order valence-electron chi connectivity index (χ0n) is 15.4. The molecule has 1 atom stereocenters. The second-order valence-electron chi connectivity index (χ2n) is 6.41. The van der Waals surface area contributed by atoms with Crippen LogP contribution in [-0.4, -0.2) is 43.4 Å². The lowest BCUT2D eigenvalue weighted by Gasteiger charge is -2.18. The van der Waals surface area contributed by atoms with E-state index in [2.05, 4.69) is 25.8 Å². The standard InChI is InChI=1S/C18H22N8O/c1-12(18-25-21-11-26(18)6-7-27-2)22-17-14-9-20-10-15(14)23-16(24-17)13-4-3-5-19-8-13/h3-5,8,11-12,20H,6-7,9-10H2,1-2H3,(H,22,23,24)/t12-/m1/s1. The molecule has 27 heavy (non-hydrogen) atoms. The molecule has 0 saturated heterocycles. The monoisotopic (exact) mass is 366 g/mol. The summed E-state index contributed by atoms with van der Waals surface area (Å²) in [4.78, 5) is 13.7. The molecule has 1 aliphatic heterocycles. The SMILES string of the molecule is COCCn1cnnc1[C@@H](C)Nc1nc(-c2cccnc2)nc2c1CNC2. The number of hydrogen-bond acceptors (Lipinski definition) is 8. The number of pyridine rings is 1. The number of fused-ring (bicyclic) bond motifs is 1. The van der Waals surface area contributed by atoms with Gasteiger partial charge in [0.15, 0.2) is 11.6 Å². The fourth-order valence-electron chi connectivity index (χ4n) is 3.14. The van der Waals surface area contributed by atoms with Gasteiger partial charge in [0.05, 0.1) is 18.3 Å². The van der Waals surface area contributed by atoms with Crippen molar-refractivity contribution in [3.05, 3.63) is 47.9 Å². The van der Waals surface area contributed by atoms with Gasteiger partial charge in [-0.3, -0.25) is 4.98 Å². The van der Waals surface area contributed by atoms with E-state index in [1.165, 1.54) is 0 Å². The quantitative estimate of drug-likeness (QED) is 0.649. The molecule has 0 fully saturated rings. The maximum atomic E-state index is 5.16. The molecule has 9 nitrogen and oxygen atoms in total. The van der Waals surface area contributed by atoms with Crippen molar-refractivity contribution in [2.45, 2.75) is 32.6 Å². The highest BCUT2D eigenvalue weighted by molar-refractivity contribution is 5.60. The molecule has 1 aliphatic rings. The Bertz CT molecular complexity index is 911. The van der Waals surface area contributed by atoms with E-state index >= 15 is 0 Å². The van der Waals surface area contributed by atoms with Crippen LogP contribution in [0.1, 0.15) is 30.0 Å². The van der Waals surface area contributed by atoms with Crippen LogP contribution in [0.25, 0.3) is 11.4 Å². The summed E-state index contributed by atoms with van der Waals surface area (Å²) in [6.07, 6.45) is 5.24. The molecule has 140 valence electrons. The minimum Gasteiger partial charge on any atom is -0.383 e. The molecule has 9 heteroatoms. The summed E-state index contributed by atoms with van der Waals surface area (Å²) in [5.74, 6) is 2.33. The van der Waals surface area contributed by atoms with Gasteiger partial charge in [0, 0.05) is 50.3 Å². The molecule has 0 amide bonds. The highest BCUT2D eigenvalue weighted by atomic mass is 16.5. The van der Waals surface area contributed by atoms with Crippen LogP contribution < -0.4 is 10.6 Å². The van der Waals surface area contributed by atoms with E-state index < -0.39 is 0 Å². The lowest BCUT2D eigenvalue weighted by molar-refractivity contribution is 0.186. The summed E-state index contributed by atoms with van der Waals surface area (Å²) in [7, 11) is 1.68. The lowest BCUT2D eigenvalue weighted by Crippen LogP contribution is -2.17. The number of methoxy groups -OCH3 is 1. The molecule has 4 rings (SSSR count). The fourth-order valence-corrected chi connectivity index (χ4v) is 3.14. The third kappa shape index (κ3) is 3.64. The van der Waals surface area contributed by atoms with E-state index in [-0.39, 0.29) is 6.04 Å². The number of aromatic nitrogens is 6. The molecule has 3 aromatic rings. The van der Waals surface area contributed by atoms with Gasteiger partial charge in [-0.15, -0.1) is 10.2 Å². The predicted octanol–water partition coefficient (Wildman–Crippen LogP) is 1.55. The van der Waals surface area contributed by atoms with Gasteiger partial charge in [0.25, 0.3) is 0 Å². The molecule has 0 spiro atoms. The van der Waals surface area contributed by atoms with Crippen LogP contribution in [0.4, 0.5) is 5.82 Å². The van der Waals surface area contributed by atoms with Crippen LogP contribution in [0, 0.1) is 0 Å². The molecular weight excluding hydrogens is 344 g/mol. The second-order valence-corrected chi connectivity index (χ2v) is 6.41. The van der Waals surface area contributed by atoms with E-state index in [4.69, 9.17) is 14.7 Å². The zero-order chi connectivity index (χ0) is 18.6. The molecule has 4 heterocycles. The number of rotatable bonds is 7. The number of nitrogens with one attached hydrogen (secondary N) is 2. The van der Waals surface area contributed by atoms with Gasteiger partial charge in [0.2, 0.25) is 0 Å². The minimum absolute atomic E-state index is 0.0642. The minimum atomic E-state index is -0.0642. The van der Waals surface area contributed by atoms with E-state index in [1.54, 1.807) is 25.8 Å². The normalized spacial score (nSPS) is 14.1. The summed E-state index contributed by atoms with van der Waals surface area (Å²) in [6, 6.07) is 3.79. The maximum Gasteiger partial charge on any atom is 0.163 e. The summed E-state index contributed by atoms with van der Waals surface area (Å²) in [5.41, 5.74) is 3.00. The second kappa shape index (κ2) is 7.77. The Morgan fingerprint density at radius 3 is 3.07 bits per heavy atom. The Morgan fingerprint density at radius 1 is 1.33 bits per heavy atom. The Labute approximate surface area is 157 Å². The van der Waals surface area contributed by atoms with Gasteiger partial charge >= 0.3 is 0 Å². The van der Waals surface area contributed by atoms with Gasteiger partial charge < -0.3 is 19.9 Å². The summed E-state index contributed by atoms with van der Waals surface area (Å²) in [6.45, 7) is 4.84. The van der Waals surface area contributed by atoms with Crippen molar-refractivity contribution in [2.24, 2.45) is 0 Å². The topological polar surface area (TPSA) is 103 Å². The Morgan fingerprint density at radius 2 is 2.26 bits per heavy atom. The number of ether oxygens (including phenoxy) is 1. The van der Waals surface area contributed by atoms with Crippen LogP contribution in [-0.2, 0) is 24.4 Å². The summed E-state index contributed by atoms with van der Waals surface area (Å²) < 4.78 is 7.15. The van der Waals surface area contributed by atoms with E-state index in [0.29, 0.717) is 19.0 Å². The average molecular weight is 366 g/mol. The van der Waals surface area contributed by atoms with Crippen LogP contribution in [0.15, 0.2) is 30.9 Å². The molecule has 0 unspecified atom stereocenters. The van der Waals surface area contributed by atoms with Crippen molar-refractivity contribution >= 4 is 5.82 Å². The van der Waals surface area contributed by atoms with Crippen molar-refractivity contribution < 1.29 is 4.74 Å².